The molecule has 0 spiro atoms. The molecule has 100 valence electrons. The molecular weight excluding hydrogens is 314 g/mol. The van der Waals surface area contributed by atoms with Gasteiger partial charge >= 0.3 is 0 Å². The Hall–Kier alpha value is -0.520. The number of halogens is 1. The molecule has 0 aliphatic rings. The quantitative estimate of drug-likeness (QED) is 0.842. The van der Waals surface area contributed by atoms with Gasteiger partial charge in [-0.1, -0.05) is 28.1 Å². The molecule has 0 aliphatic carbocycles. The van der Waals surface area contributed by atoms with E-state index in [4.69, 9.17) is 0 Å². The third-order valence-electron chi connectivity index (χ3n) is 2.58. The molecule has 2 atom stereocenters. The maximum absolute atomic E-state index is 11.8. The molecule has 0 radical (unpaired) electrons. The van der Waals surface area contributed by atoms with Crippen LogP contribution in [0.15, 0.2) is 28.7 Å². The highest BCUT2D eigenvalue weighted by Crippen LogP contribution is 2.17. The predicted octanol–water partition coefficient (Wildman–Crippen LogP) is 2.74. The number of benzene rings is 1. The van der Waals surface area contributed by atoms with Crippen LogP contribution in [0.1, 0.15) is 25.0 Å². The first-order chi connectivity index (χ1) is 8.54. The Morgan fingerprint density at radius 3 is 2.61 bits per heavy atom. The summed E-state index contributed by atoms with van der Waals surface area (Å²) in [7, 11) is 0. The average Bonchev–Trinajstić information content (AvgIpc) is 2.36. The van der Waals surface area contributed by atoms with Gasteiger partial charge in [0, 0.05) is 10.5 Å². The topological polar surface area (TPSA) is 49.3 Å². The van der Waals surface area contributed by atoms with Crippen LogP contribution in [0.4, 0.5) is 0 Å². The number of aliphatic hydroxyl groups excluding tert-OH is 1. The van der Waals surface area contributed by atoms with Crippen LogP contribution >= 0.6 is 27.7 Å². The smallest absolute Gasteiger partial charge is 0.253 e. The van der Waals surface area contributed by atoms with Gasteiger partial charge in [0.15, 0.2) is 6.10 Å². The molecule has 0 aromatic heterocycles. The highest BCUT2D eigenvalue weighted by Gasteiger charge is 2.18. The molecule has 1 aromatic rings. The van der Waals surface area contributed by atoms with Gasteiger partial charge in [-0.05, 0) is 43.0 Å². The molecular formula is C13H18BrNO2S. The van der Waals surface area contributed by atoms with E-state index in [1.165, 1.54) is 0 Å². The van der Waals surface area contributed by atoms with E-state index in [0.717, 1.165) is 16.6 Å². The number of nitrogens with one attached hydrogen (secondary N) is 1. The molecule has 0 aliphatic heterocycles. The van der Waals surface area contributed by atoms with Gasteiger partial charge in [0.1, 0.15) is 0 Å². The normalized spacial score (nSPS) is 14.0. The van der Waals surface area contributed by atoms with E-state index < -0.39 is 6.10 Å². The summed E-state index contributed by atoms with van der Waals surface area (Å²) >= 11 is 5.06. The van der Waals surface area contributed by atoms with Crippen molar-refractivity contribution in [3.63, 3.8) is 0 Å². The van der Waals surface area contributed by atoms with E-state index in [2.05, 4.69) is 21.2 Å². The van der Waals surface area contributed by atoms with E-state index in [1.54, 1.807) is 23.9 Å². The highest BCUT2D eigenvalue weighted by molar-refractivity contribution is 9.10. The summed E-state index contributed by atoms with van der Waals surface area (Å²) in [6.45, 7) is 1.95. The minimum absolute atomic E-state index is 0.0787. The van der Waals surface area contributed by atoms with Crippen LogP contribution in [-0.4, -0.2) is 29.1 Å². The Morgan fingerprint density at radius 2 is 2.06 bits per heavy atom. The van der Waals surface area contributed by atoms with Crippen molar-refractivity contribution in [2.24, 2.45) is 0 Å². The zero-order valence-corrected chi connectivity index (χ0v) is 12.9. The van der Waals surface area contributed by atoms with Crippen molar-refractivity contribution in [2.45, 2.75) is 25.5 Å². The van der Waals surface area contributed by atoms with Crippen molar-refractivity contribution < 1.29 is 9.90 Å². The molecule has 0 saturated carbocycles. The van der Waals surface area contributed by atoms with E-state index in [-0.39, 0.29) is 11.9 Å². The molecule has 1 amide bonds. The maximum atomic E-state index is 11.8. The van der Waals surface area contributed by atoms with Crippen LogP contribution < -0.4 is 5.32 Å². The van der Waals surface area contributed by atoms with Crippen molar-refractivity contribution in [1.82, 2.24) is 5.32 Å². The van der Waals surface area contributed by atoms with E-state index in [0.29, 0.717) is 5.56 Å². The molecule has 1 rings (SSSR count). The lowest BCUT2D eigenvalue weighted by atomic mass is 10.1. The zero-order valence-electron chi connectivity index (χ0n) is 10.5. The molecule has 0 bridgehead atoms. The van der Waals surface area contributed by atoms with Gasteiger partial charge in [-0.25, -0.2) is 0 Å². The predicted molar refractivity (Wildman–Crippen MR) is 79.7 cm³/mol. The van der Waals surface area contributed by atoms with Crippen molar-refractivity contribution in [1.29, 1.82) is 0 Å². The van der Waals surface area contributed by atoms with Crippen LogP contribution in [0.2, 0.25) is 0 Å². The summed E-state index contributed by atoms with van der Waals surface area (Å²) in [6, 6.07) is 7.17. The fourth-order valence-electron chi connectivity index (χ4n) is 1.49. The minimum Gasteiger partial charge on any atom is -0.378 e. The van der Waals surface area contributed by atoms with Crippen LogP contribution in [0.3, 0.4) is 0 Å². The number of hydrogen-bond acceptors (Lipinski definition) is 3. The van der Waals surface area contributed by atoms with Gasteiger partial charge in [0.25, 0.3) is 5.91 Å². The zero-order chi connectivity index (χ0) is 13.5. The molecule has 0 fully saturated rings. The first-order valence-electron chi connectivity index (χ1n) is 5.77. The average molecular weight is 332 g/mol. The molecule has 5 heteroatoms. The van der Waals surface area contributed by atoms with E-state index >= 15 is 0 Å². The number of carbonyl (C=O) groups is 1. The number of amides is 1. The standard InChI is InChI=1S/C13H18BrNO2S/c1-9(7-8-18-2)15-13(17)12(16)10-3-5-11(14)6-4-10/h3-6,9,12,16H,7-8H2,1-2H3,(H,15,17)/t9-,12-/m1/s1. The van der Waals surface area contributed by atoms with Crippen LogP contribution in [0.5, 0.6) is 0 Å². The molecule has 0 saturated heterocycles. The number of rotatable bonds is 6. The fraction of sp³-hybridized carbons (Fsp3) is 0.462. The molecule has 1 aromatic carbocycles. The van der Waals surface area contributed by atoms with Crippen LogP contribution in [-0.2, 0) is 4.79 Å². The largest absolute Gasteiger partial charge is 0.378 e. The van der Waals surface area contributed by atoms with Crippen molar-refractivity contribution in [3.05, 3.63) is 34.3 Å². The maximum Gasteiger partial charge on any atom is 0.253 e. The van der Waals surface area contributed by atoms with E-state index in [1.807, 2.05) is 25.3 Å². The number of aliphatic hydroxyl groups is 1. The molecule has 2 N–H and O–H groups in total. The molecule has 0 heterocycles. The summed E-state index contributed by atoms with van der Waals surface area (Å²) in [5.74, 6) is 0.654. The molecule has 0 unspecified atom stereocenters. The summed E-state index contributed by atoms with van der Waals surface area (Å²) in [5, 5.41) is 12.7. The third kappa shape index (κ3) is 5.00. The van der Waals surface area contributed by atoms with Gasteiger partial charge in [-0.3, -0.25) is 4.79 Å². The van der Waals surface area contributed by atoms with Crippen LogP contribution in [0, 0.1) is 0 Å². The minimum atomic E-state index is -1.10. The van der Waals surface area contributed by atoms with Gasteiger partial charge in [-0.2, -0.15) is 11.8 Å². The highest BCUT2D eigenvalue weighted by atomic mass is 79.9. The lowest BCUT2D eigenvalue weighted by molar-refractivity contribution is -0.130. The second-order valence-electron chi connectivity index (χ2n) is 4.15. The van der Waals surface area contributed by atoms with Crippen LogP contribution in [0.25, 0.3) is 0 Å². The number of thioether (sulfide) groups is 1. The van der Waals surface area contributed by atoms with Crippen molar-refractivity contribution in [3.8, 4) is 0 Å². The summed E-state index contributed by atoms with van der Waals surface area (Å²) in [4.78, 5) is 11.8. The number of hydrogen-bond donors (Lipinski definition) is 2. The van der Waals surface area contributed by atoms with E-state index in [9.17, 15) is 9.90 Å². The number of carbonyl (C=O) groups excluding carboxylic acids is 1. The Labute approximate surface area is 120 Å². The third-order valence-corrected chi connectivity index (χ3v) is 3.75. The lowest BCUT2D eigenvalue weighted by Gasteiger charge is -2.16. The summed E-state index contributed by atoms with van der Waals surface area (Å²) in [5.41, 5.74) is 0.604. The second kappa shape index (κ2) is 7.81. The Morgan fingerprint density at radius 1 is 1.44 bits per heavy atom. The first kappa shape index (κ1) is 15.5. The van der Waals surface area contributed by atoms with Crippen molar-refractivity contribution >= 4 is 33.6 Å². The Bertz CT molecular complexity index is 383. The van der Waals surface area contributed by atoms with Gasteiger partial charge in [0.2, 0.25) is 0 Å². The van der Waals surface area contributed by atoms with Gasteiger partial charge in [0.05, 0.1) is 0 Å². The summed E-state index contributed by atoms with van der Waals surface area (Å²) < 4.78 is 0.923. The molecule has 18 heavy (non-hydrogen) atoms. The monoisotopic (exact) mass is 331 g/mol. The van der Waals surface area contributed by atoms with Crippen molar-refractivity contribution in [2.75, 3.05) is 12.0 Å². The summed E-state index contributed by atoms with van der Waals surface area (Å²) in [6.07, 6.45) is 1.83. The first-order valence-corrected chi connectivity index (χ1v) is 7.96. The SMILES string of the molecule is CSCC[C@@H](C)NC(=O)[C@H](O)c1ccc(Br)cc1. The Balaban J connectivity index is 2.53. The Kier molecular flexibility index (Phi) is 6.75. The van der Waals surface area contributed by atoms with Gasteiger partial charge < -0.3 is 10.4 Å². The fourth-order valence-corrected chi connectivity index (χ4v) is 2.34. The van der Waals surface area contributed by atoms with Gasteiger partial charge in [-0.15, -0.1) is 0 Å². The molecule has 3 nitrogen and oxygen atoms in total. The lowest BCUT2D eigenvalue weighted by Crippen LogP contribution is -2.36. The second-order valence-corrected chi connectivity index (χ2v) is 6.05.